The summed E-state index contributed by atoms with van der Waals surface area (Å²) in [5.74, 6) is 0.0165. The summed E-state index contributed by atoms with van der Waals surface area (Å²) in [6, 6.07) is 11.3. The molecular weight excluding hydrogens is 562 g/mol. The fraction of sp³-hybridized carbons (Fsp3) is 0.452. The van der Waals surface area contributed by atoms with E-state index >= 15 is 4.39 Å². The largest absolute Gasteiger partial charge is 0.461 e. The van der Waals surface area contributed by atoms with Crippen LogP contribution < -0.4 is 15.0 Å². The minimum Gasteiger partial charge on any atom is -0.461 e. The van der Waals surface area contributed by atoms with Crippen LogP contribution >= 0.6 is 11.6 Å². The fourth-order valence-corrected chi connectivity index (χ4v) is 7.62. The molecule has 4 aromatic rings. The molecule has 42 heavy (non-hydrogen) atoms. The highest BCUT2D eigenvalue weighted by Gasteiger charge is 2.49. The number of benzene rings is 2. The number of anilines is 1. The monoisotopic (exact) mass is 592 g/mol. The third-order valence-electron chi connectivity index (χ3n) is 9.41. The zero-order valence-electron chi connectivity index (χ0n) is 23.1. The minimum absolute atomic E-state index is 0.0884. The van der Waals surface area contributed by atoms with Gasteiger partial charge in [-0.2, -0.15) is 9.97 Å². The lowest BCUT2D eigenvalue weighted by Gasteiger charge is -2.49. The van der Waals surface area contributed by atoms with Crippen molar-refractivity contribution >= 4 is 39.1 Å². The average molecular weight is 593 g/mol. The van der Waals surface area contributed by atoms with Gasteiger partial charge in [-0.25, -0.2) is 8.78 Å². The van der Waals surface area contributed by atoms with Crippen molar-refractivity contribution in [2.24, 2.45) is 0 Å². The number of rotatable bonds is 5. The lowest BCUT2D eigenvalue weighted by Crippen LogP contribution is -2.70. The number of alkyl halides is 1. The zero-order chi connectivity index (χ0) is 28.5. The van der Waals surface area contributed by atoms with Gasteiger partial charge in [-0.1, -0.05) is 41.9 Å². The Morgan fingerprint density at radius 2 is 2.00 bits per heavy atom. The zero-order valence-corrected chi connectivity index (χ0v) is 23.8. The summed E-state index contributed by atoms with van der Waals surface area (Å²) in [5.41, 5.74) is 0.357. The number of fused-ring (bicyclic) bond motifs is 3. The van der Waals surface area contributed by atoms with Crippen LogP contribution in [0.5, 0.6) is 6.01 Å². The first kappa shape index (κ1) is 26.4. The molecule has 0 radical (unpaired) electrons. The van der Waals surface area contributed by atoms with E-state index in [0.29, 0.717) is 61.1 Å². The van der Waals surface area contributed by atoms with Gasteiger partial charge in [-0.15, -0.1) is 0 Å². The van der Waals surface area contributed by atoms with Gasteiger partial charge in [-0.05, 0) is 30.8 Å². The summed E-state index contributed by atoms with van der Waals surface area (Å²) in [6.45, 7) is 4.83. The van der Waals surface area contributed by atoms with Crippen molar-refractivity contribution in [2.75, 3.05) is 57.4 Å². The molecule has 0 bridgehead atoms. The van der Waals surface area contributed by atoms with Crippen LogP contribution in [0.1, 0.15) is 19.3 Å². The predicted octanol–water partition coefficient (Wildman–Crippen LogP) is 4.77. The number of nitrogens with one attached hydrogen (secondary N) is 1. The summed E-state index contributed by atoms with van der Waals surface area (Å²) >= 11 is 6.59. The number of hydrogen-bond acceptors (Lipinski definition) is 8. The van der Waals surface area contributed by atoms with E-state index in [2.05, 4.69) is 25.1 Å². The predicted molar refractivity (Wildman–Crippen MR) is 158 cm³/mol. The van der Waals surface area contributed by atoms with E-state index in [9.17, 15) is 4.39 Å². The van der Waals surface area contributed by atoms with Gasteiger partial charge in [0.05, 0.1) is 29.7 Å². The van der Waals surface area contributed by atoms with Crippen molar-refractivity contribution in [3.63, 3.8) is 0 Å². The Hall–Kier alpha value is -3.18. The van der Waals surface area contributed by atoms with Crippen LogP contribution in [-0.2, 0) is 4.74 Å². The molecule has 11 heteroatoms. The topological polar surface area (TPSA) is 75.6 Å². The standard InChI is InChI=1S/C31H31ClF2N6O2/c32-23-7-2-5-19-4-1-6-21(24(19)23)26-25(34)27-22(13-35-26)28(39-11-9-36-30(15-39)16-41-17-30)38-29(37-27)42-18-31-8-3-10-40(31)14-20(33)12-31/h1-2,4-7,13,20,36H,3,8-12,14-18H2/t20-,31+/m1/s1. The third kappa shape index (κ3) is 4.22. The molecule has 4 aliphatic heterocycles. The maximum Gasteiger partial charge on any atom is 0.319 e. The van der Waals surface area contributed by atoms with Gasteiger partial charge in [0.15, 0.2) is 5.82 Å². The molecule has 218 valence electrons. The molecule has 1 spiro atoms. The van der Waals surface area contributed by atoms with Gasteiger partial charge in [-0.3, -0.25) is 9.88 Å². The van der Waals surface area contributed by atoms with E-state index in [1.807, 2.05) is 30.3 Å². The van der Waals surface area contributed by atoms with Crippen LogP contribution in [0.15, 0.2) is 42.6 Å². The van der Waals surface area contributed by atoms with Gasteiger partial charge in [0, 0.05) is 54.8 Å². The molecular formula is C31H31ClF2N6O2. The van der Waals surface area contributed by atoms with E-state index in [-0.39, 0.29) is 34.9 Å². The summed E-state index contributed by atoms with van der Waals surface area (Å²) in [4.78, 5) is 18.4. The Morgan fingerprint density at radius 3 is 2.83 bits per heavy atom. The molecule has 4 aliphatic rings. The van der Waals surface area contributed by atoms with E-state index < -0.39 is 12.0 Å². The number of aromatic nitrogens is 3. The second-order valence-corrected chi connectivity index (χ2v) is 12.5. The average Bonchev–Trinajstić information content (AvgIpc) is 3.51. The Bertz CT molecular complexity index is 1700. The molecule has 2 aromatic carbocycles. The van der Waals surface area contributed by atoms with Crippen molar-refractivity contribution in [2.45, 2.75) is 36.5 Å². The third-order valence-corrected chi connectivity index (χ3v) is 9.73. The fourth-order valence-electron chi connectivity index (χ4n) is 7.33. The molecule has 1 N–H and O–H groups in total. The second-order valence-electron chi connectivity index (χ2n) is 12.1. The summed E-state index contributed by atoms with van der Waals surface area (Å²) < 4.78 is 42.8. The number of halogens is 3. The molecule has 4 saturated heterocycles. The number of piperazine rings is 1. The molecule has 6 heterocycles. The normalized spacial score (nSPS) is 25.3. The van der Waals surface area contributed by atoms with Crippen LogP contribution in [0.4, 0.5) is 14.6 Å². The van der Waals surface area contributed by atoms with Crippen molar-refractivity contribution in [1.82, 2.24) is 25.2 Å². The number of nitrogens with zero attached hydrogens (tertiary/aromatic N) is 5. The molecule has 0 unspecified atom stereocenters. The number of pyridine rings is 1. The highest BCUT2D eigenvalue weighted by atomic mass is 35.5. The molecule has 0 amide bonds. The van der Waals surface area contributed by atoms with Gasteiger partial charge in [0.25, 0.3) is 0 Å². The molecule has 4 fully saturated rings. The van der Waals surface area contributed by atoms with Crippen LogP contribution in [0.25, 0.3) is 32.9 Å². The van der Waals surface area contributed by atoms with Crippen molar-refractivity contribution in [3.05, 3.63) is 53.4 Å². The SMILES string of the molecule is Fc1c(-c2cccc3cccc(Cl)c23)ncc2c(N3CCNC4(COC4)C3)nc(OC[C@@]34CCCN3C[C@H](F)C4)nc12. The highest BCUT2D eigenvalue weighted by molar-refractivity contribution is 6.36. The van der Waals surface area contributed by atoms with Crippen molar-refractivity contribution < 1.29 is 18.3 Å². The first-order valence-electron chi connectivity index (χ1n) is 14.6. The van der Waals surface area contributed by atoms with E-state index in [4.69, 9.17) is 26.1 Å². The lowest BCUT2D eigenvalue weighted by atomic mass is 9.94. The van der Waals surface area contributed by atoms with Gasteiger partial charge in [0.2, 0.25) is 0 Å². The minimum atomic E-state index is -0.873. The van der Waals surface area contributed by atoms with Gasteiger partial charge < -0.3 is 19.7 Å². The maximum absolute atomic E-state index is 16.6. The van der Waals surface area contributed by atoms with Gasteiger partial charge in [0.1, 0.15) is 29.8 Å². The Morgan fingerprint density at radius 1 is 1.14 bits per heavy atom. The highest BCUT2D eigenvalue weighted by Crippen LogP contribution is 2.41. The lowest BCUT2D eigenvalue weighted by molar-refractivity contribution is -0.0743. The Balaban J connectivity index is 1.24. The molecule has 2 aromatic heterocycles. The Kier molecular flexibility index (Phi) is 6.26. The first-order chi connectivity index (χ1) is 20.4. The number of ether oxygens (including phenoxy) is 2. The molecule has 2 atom stereocenters. The van der Waals surface area contributed by atoms with E-state index in [1.165, 1.54) is 0 Å². The second kappa shape index (κ2) is 9.94. The van der Waals surface area contributed by atoms with E-state index in [0.717, 1.165) is 36.7 Å². The summed E-state index contributed by atoms with van der Waals surface area (Å²) in [7, 11) is 0. The number of hydrogen-bond donors (Lipinski definition) is 1. The van der Waals surface area contributed by atoms with Crippen LogP contribution in [0.3, 0.4) is 0 Å². The molecule has 8 nitrogen and oxygen atoms in total. The smallest absolute Gasteiger partial charge is 0.319 e. The summed E-state index contributed by atoms with van der Waals surface area (Å²) in [5, 5.41) is 6.22. The summed E-state index contributed by atoms with van der Waals surface area (Å²) in [6.07, 6.45) is 3.07. The maximum atomic E-state index is 16.6. The van der Waals surface area contributed by atoms with Crippen LogP contribution in [0.2, 0.25) is 5.02 Å². The molecule has 0 saturated carbocycles. The van der Waals surface area contributed by atoms with E-state index in [1.54, 1.807) is 12.3 Å². The van der Waals surface area contributed by atoms with Crippen molar-refractivity contribution in [3.8, 4) is 17.3 Å². The molecule has 8 rings (SSSR count). The van der Waals surface area contributed by atoms with Crippen LogP contribution in [-0.4, -0.2) is 89.6 Å². The first-order valence-corrected chi connectivity index (χ1v) is 15.0. The quantitative estimate of drug-likeness (QED) is 0.355. The van der Waals surface area contributed by atoms with Crippen molar-refractivity contribution in [1.29, 1.82) is 0 Å². The van der Waals surface area contributed by atoms with Crippen LogP contribution in [0, 0.1) is 5.82 Å². The van der Waals surface area contributed by atoms with Gasteiger partial charge >= 0.3 is 6.01 Å². The Labute approximate surface area is 247 Å². The molecule has 0 aliphatic carbocycles.